The van der Waals surface area contributed by atoms with Crippen LogP contribution >= 0.6 is 0 Å². The lowest BCUT2D eigenvalue weighted by atomic mass is 10.2. The fraction of sp³-hybridized carbons (Fsp3) is 0.222. The van der Waals surface area contributed by atoms with Crippen LogP contribution in [0.4, 0.5) is 14.5 Å². The zero-order valence-electron chi connectivity index (χ0n) is 7.93. The van der Waals surface area contributed by atoms with Gasteiger partial charge in [-0.3, -0.25) is 14.9 Å². The third kappa shape index (κ3) is 2.97. The number of carbonyl (C=O) groups excluding carboxylic acids is 1. The van der Waals surface area contributed by atoms with Crippen LogP contribution in [0.25, 0.3) is 0 Å². The number of alkyl halides is 2. The summed E-state index contributed by atoms with van der Waals surface area (Å²) in [6.07, 6.45) is -2.29. The molecular weight excluding hydrogens is 224 g/mol. The highest BCUT2D eigenvalue weighted by molar-refractivity contribution is 5.76. The van der Waals surface area contributed by atoms with Gasteiger partial charge in [-0.1, -0.05) is 0 Å². The first-order valence-corrected chi connectivity index (χ1v) is 4.19. The molecule has 0 atom stereocenters. The van der Waals surface area contributed by atoms with E-state index in [0.717, 1.165) is 12.1 Å². The average Bonchev–Trinajstić information content (AvgIpc) is 2.25. The van der Waals surface area contributed by atoms with Gasteiger partial charge < -0.3 is 4.74 Å². The van der Waals surface area contributed by atoms with E-state index in [0.29, 0.717) is 6.29 Å². The molecule has 0 unspecified atom stereocenters. The minimum atomic E-state index is -2.74. The van der Waals surface area contributed by atoms with Crippen LogP contribution in [-0.4, -0.2) is 24.2 Å². The fourth-order valence-corrected chi connectivity index (χ4v) is 1.02. The largest absolute Gasteiger partial charge is 0.481 e. The summed E-state index contributed by atoms with van der Waals surface area (Å²) >= 11 is 0. The molecule has 0 spiro atoms. The predicted molar refractivity (Wildman–Crippen MR) is 50.0 cm³/mol. The zero-order chi connectivity index (χ0) is 12.1. The first-order valence-electron chi connectivity index (χ1n) is 4.19. The van der Waals surface area contributed by atoms with Crippen molar-refractivity contribution in [2.24, 2.45) is 0 Å². The van der Waals surface area contributed by atoms with Gasteiger partial charge in [-0.05, 0) is 12.1 Å². The molecule has 0 bridgehead atoms. The molecule has 1 aromatic carbocycles. The van der Waals surface area contributed by atoms with Crippen LogP contribution in [0.5, 0.6) is 5.75 Å². The minimum absolute atomic E-state index is 0.120. The number of nitrogens with zero attached hydrogens (tertiary/aromatic N) is 1. The van der Waals surface area contributed by atoms with E-state index < -0.39 is 23.6 Å². The number of benzene rings is 1. The number of halogens is 2. The monoisotopic (exact) mass is 231 g/mol. The van der Waals surface area contributed by atoms with Gasteiger partial charge in [0.2, 0.25) is 0 Å². The Labute approximate surface area is 88.8 Å². The average molecular weight is 231 g/mol. The Morgan fingerprint density at radius 2 is 2.19 bits per heavy atom. The van der Waals surface area contributed by atoms with Crippen molar-refractivity contribution in [2.75, 3.05) is 6.61 Å². The molecule has 1 aromatic rings. The second kappa shape index (κ2) is 5.15. The van der Waals surface area contributed by atoms with Crippen LogP contribution in [0.2, 0.25) is 0 Å². The van der Waals surface area contributed by atoms with Crippen LogP contribution in [0.3, 0.4) is 0 Å². The maximum Gasteiger partial charge on any atom is 0.310 e. The lowest BCUT2D eigenvalue weighted by molar-refractivity contribution is -0.385. The van der Waals surface area contributed by atoms with E-state index >= 15 is 0 Å². The molecule has 5 nitrogen and oxygen atoms in total. The highest BCUT2D eigenvalue weighted by Gasteiger charge is 2.17. The fourth-order valence-electron chi connectivity index (χ4n) is 1.02. The van der Waals surface area contributed by atoms with Crippen molar-refractivity contribution in [3.63, 3.8) is 0 Å². The second-order valence-corrected chi connectivity index (χ2v) is 2.80. The topological polar surface area (TPSA) is 69.4 Å². The standard InChI is InChI=1S/C9H7F2NO4/c10-9(11)5-16-8-3-6(4-13)1-2-7(8)12(14)15/h1-4,9H,5H2. The SMILES string of the molecule is O=Cc1ccc([N+](=O)[O-])c(OCC(F)F)c1. The van der Waals surface area contributed by atoms with Gasteiger partial charge in [0.25, 0.3) is 6.43 Å². The number of rotatable bonds is 5. The number of carbonyl (C=O) groups is 1. The molecule has 0 saturated carbocycles. The molecule has 86 valence electrons. The quantitative estimate of drug-likeness (QED) is 0.441. The summed E-state index contributed by atoms with van der Waals surface area (Å²) in [5.74, 6) is -0.338. The van der Waals surface area contributed by atoms with Gasteiger partial charge in [0.05, 0.1) is 4.92 Å². The Kier molecular flexibility index (Phi) is 3.87. The number of hydrogen-bond donors (Lipinski definition) is 0. The van der Waals surface area contributed by atoms with Gasteiger partial charge in [0.15, 0.2) is 5.75 Å². The van der Waals surface area contributed by atoms with Crippen molar-refractivity contribution >= 4 is 12.0 Å². The van der Waals surface area contributed by atoms with Gasteiger partial charge in [-0.2, -0.15) is 0 Å². The summed E-state index contributed by atoms with van der Waals surface area (Å²) in [6, 6.07) is 3.29. The maximum atomic E-state index is 11.9. The molecule has 0 N–H and O–H groups in total. The Bertz CT molecular complexity index is 408. The molecule has 0 fully saturated rings. The summed E-state index contributed by atoms with van der Waals surface area (Å²) < 4.78 is 28.3. The minimum Gasteiger partial charge on any atom is -0.481 e. The summed E-state index contributed by atoms with van der Waals surface area (Å²) in [7, 11) is 0. The molecule has 0 heterocycles. The van der Waals surface area contributed by atoms with Gasteiger partial charge in [0.1, 0.15) is 12.9 Å². The molecular formula is C9H7F2NO4. The van der Waals surface area contributed by atoms with Crippen LogP contribution in [0.1, 0.15) is 10.4 Å². The Morgan fingerprint density at radius 3 is 2.69 bits per heavy atom. The normalized spacial score (nSPS) is 10.2. The molecule has 0 saturated heterocycles. The van der Waals surface area contributed by atoms with E-state index in [1.165, 1.54) is 6.07 Å². The number of aldehydes is 1. The van der Waals surface area contributed by atoms with Crippen molar-refractivity contribution in [1.29, 1.82) is 0 Å². The summed E-state index contributed by atoms with van der Waals surface area (Å²) in [5.41, 5.74) is -0.332. The number of nitro benzene ring substituents is 1. The Morgan fingerprint density at radius 1 is 1.50 bits per heavy atom. The second-order valence-electron chi connectivity index (χ2n) is 2.80. The van der Waals surface area contributed by atoms with Crippen molar-refractivity contribution in [1.82, 2.24) is 0 Å². The molecule has 7 heteroatoms. The first-order chi connectivity index (χ1) is 7.54. The number of nitro groups is 1. The molecule has 0 radical (unpaired) electrons. The maximum absolute atomic E-state index is 11.9. The third-order valence-corrected chi connectivity index (χ3v) is 1.68. The molecule has 0 amide bonds. The van der Waals surface area contributed by atoms with Crippen molar-refractivity contribution < 1.29 is 23.2 Å². The molecule has 1 rings (SSSR count). The van der Waals surface area contributed by atoms with E-state index in [4.69, 9.17) is 0 Å². The van der Waals surface area contributed by atoms with Crippen LogP contribution in [0, 0.1) is 10.1 Å². The summed E-state index contributed by atoms with van der Waals surface area (Å²) in [6.45, 7) is -0.955. The van der Waals surface area contributed by atoms with Gasteiger partial charge in [0, 0.05) is 11.6 Å². The lowest BCUT2D eigenvalue weighted by Crippen LogP contribution is -2.08. The highest BCUT2D eigenvalue weighted by atomic mass is 19.3. The van der Waals surface area contributed by atoms with E-state index in [2.05, 4.69) is 4.74 Å². The number of ether oxygens (including phenoxy) is 1. The molecule has 0 aliphatic rings. The smallest absolute Gasteiger partial charge is 0.310 e. The van der Waals surface area contributed by atoms with E-state index in [-0.39, 0.29) is 11.3 Å². The highest BCUT2D eigenvalue weighted by Crippen LogP contribution is 2.27. The summed E-state index contributed by atoms with van der Waals surface area (Å²) in [5, 5.41) is 10.5. The lowest BCUT2D eigenvalue weighted by Gasteiger charge is -2.06. The molecule has 0 aliphatic heterocycles. The van der Waals surface area contributed by atoms with Crippen molar-refractivity contribution in [2.45, 2.75) is 6.43 Å². The van der Waals surface area contributed by atoms with E-state index in [1.54, 1.807) is 0 Å². The van der Waals surface area contributed by atoms with Crippen LogP contribution in [-0.2, 0) is 0 Å². The van der Waals surface area contributed by atoms with Gasteiger partial charge in [-0.25, -0.2) is 8.78 Å². The first kappa shape index (κ1) is 12.0. The van der Waals surface area contributed by atoms with E-state index in [1.807, 2.05) is 0 Å². The number of hydrogen-bond acceptors (Lipinski definition) is 4. The molecule has 0 aromatic heterocycles. The summed E-state index contributed by atoms with van der Waals surface area (Å²) in [4.78, 5) is 20.2. The third-order valence-electron chi connectivity index (χ3n) is 1.68. The predicted octanol–water partition coefficient (Wildman–Crippen LogP) is 2.05. The van der Waals surface area contributed by atoms with E-state index in [9.17, 15) is 23.7 Å². The zero-order valence-corrected chi connectivity index (χ0v) is 7.93. The van der Waals surface area contributed by atoms with Crippen molar-refractivity contribution in [3.8, 4) is 5.75 Å². The molecule has 16 heavy (non-hydrogen) atoms. The Hall–Kier alpha value is -2.05. The van der Waals surface area contributed by atoms with Crippen LogP contribution < -0.4 is 4.74 Å². The van der Waals surface area contributed by atoms with Crippen LogP contribution in [0.15, 0.2) is 18.2 Å². The molecule has 0 aliphatic carbocycles. The van der Waals surface area contributed by atoms with Gasteiger partial charge >= 0.3 is 5.69 Å². The van der Waals surface area contributed by atoms with Crippen molar-refractivity contribution in [3.05, 3.63) is 33.9 Å². The van der Waals surface area contributed by atoms with Gasteiger partial charge in [-0.15, -0.1) is 0 Å². The Balaban J connectivity index is 3.00.